The van der Waals surface area contributed by atoms with E-state index in [-0.39, 0.29) is 29.3 Å². The number of imidazole rings is 1. The Kier molecular flexibility index (Phi) is 7.10. The monoisotopic (exact) mass is 494 g/mol. The third kappa shape index (κ3) is 5.91. The molecule has 0 fully saturated rings. The highest BCUT2D eigenvalue weighted by molar-refractivity contribution is 5.81. The zero-order valence-electron chi connectivity index (χ0n) is 19.7. The molecule has 4 aromatic rings. The smallest absolute Gasteiger partial charge is 0.349 e. The molecule has 0 spiro atoms. The van der Waals surface area contributed by atoms with Crippen LogP contribution in [0, 0.1) is 6.92 Å². The van der Waals surface area contributed by atoms with E-state index in [4.69, 9.17) is 0 Å². The van der Waals surface area contributed by atoms with E-state index in [0.717, 1.165) is 16.7 Å². The van der Waals surface area contributed by atoms with Crippen LogP contribution in [0.15, 0.2) is 72.8 Å². The number of amides is 2. The molecule has 6 nitrogen and oxygen atoms in total. The Labute approximate surface area is 205 Å². The number of carbonyl (C=O) groups excluding carboxylic acids is 2. The van der Waals surface area contributed by atoms with E-state index < -0.39 is 24.1 Å². The number of hydrogen-bond acceptors (Lipinski definition) is 3. The lowest BCUT2D eigenvalue weighted by atomic mass is 9.97. The molecule has 0 aliphatic rings. The molecule has 0 saturated carbocycles. The van der Waals surface area contributed by atoms with Gasteiger partial charge in [-0.05, 0) is 35.7 Å². The van der Waals surface area contributed by atoms with Crippen LogP contribution in [0.1, 0.15) is 53.5 Å². The molecule has 2 unspecified atom stereocenters. The molecule has 4 rings (SSSR count). The van der Waals surface area contributed by atoms with Crippen LogP contribution in [-0.4, -0.2) is 21.8 Å². The Hall–Kier alpha value is -4.14. The number of aromatic nitrogens is 2. The molecule has 186 valence electrons. The predicted molar refractivity (Wildman–Crippen MR) is 130 cm³/mol. The standard InChI is InChI=1S/C27H25F3N4O2/c1-16-8-10-18(11-9-16)22(31-17(2)35)15-24(36)34-25(19-6-4-3-5-7-19)20-12-13-21-23(14-20)33-26(32-21)27(28,29)30/h3-14,22,25H,15H2,1-2H3,(H,31,35)(H,32,33)(H,34,36). The topological polar surface area (TPSA) is 86.9 Å². The Morgan fingerprint density at radius 3 is 2.22 bits per heavy atom. The van der Waals surface area contributed by atoms with Gasteiger partial charge in [0.15, 0.2) is 0 Å². The van der Waals surface area contributed by atoms with E-state index in [1.165, 1.54) is 13.0 Å². The Bertz CT molecular complexity index is 1370. The molecule has 3 N–H and O–H groups in total. The second-order valence-corrected chi connectivity index (χ2v) is 8.64. The quantitative estimate of drug-likeness (QED) is 0.323. The Balaban J connectivity index is 1.63. The molecule has 0 radical (unpaired) electrons. The number of carbonyl (C=O) groups is 2. The number of hydrogen-bond donors (Lipinski definition) is 3. The van der Waals surface area contributed by atoms with Crippen LogP contribution in [0.2, 0.25) is 0 Å². The summed E-state index contributed by atoms with van der Waals surface area (Å²) in [6.45, 7) is 3.34. The fourth-order valence-electron chi connectivity index (χ4n) is 4.05. The van der Waals surface area contributed by atoms with Gasteiger partial charge in [-0.1, -0.05) is 66.2 Å². The van der Waals surface area contributed by atoms with Crippen LogP contribution in [0.4, 0.5) is 13.2 Å². The summed E-state index contributed by atoms with van der Waals surface area (Å²) in [5.74, 6) is -1.67. The first-order valence-corrected chi connectivity index (χ1v) is 11.3. The van der Waals surface area contributed by atoms with Crippen LogP contribution < -0.4 is 10.6 Å². The van der Waals surface area contributed by atoms with Crippen molar-refractivity contribution in [3.63, 3.8) is 0 Å². The number of aryl methyl sites for hydroxylation is 1. The van der Waals surface area contributed by atoms with Crippen molar-refractivity contribution < 1.29 is 22.8 Å². The number of benzene rings is 3. The number of rotatable bonds is 7. The van der Waals surface area contributed by atoms with Crippen LogP contribution >= 0.6 is 0 Å². The Morgan fingerprint density at radius 1 is 0.917 bits per heavy atom. The summed E-state index contributed by atoms with van der Waals surface area (Å²) >= 11 is 0. The van der Waals surface area contributed by atoms with Gasteiger partial charge in [0.05, 0.1) is 29.5 Å². The zero-order valence-corrected chi connectivity index (χ0v) is 19.7. The second-order valence-electron chi connectivity index (χ2n) is 8.64. The van der Waals surface area contributed by atoms with E-state index in [0.29, 0.717) is 5.56 Å². The molecule has 0 saturated heterocycles. The molecule has 0 aliphatic heterocycles. The van der Waals surface area contributed by atoms with Crippen molar-refractivity contribution in [1.82, 2.24) is 20.6 Å². The summed E-state index contributed by atoms with van der Waals surface area (Å²) in [5.41, 5.74) is 3.58. The van der Waals surface area contributed by atoms with Crippen molar-refractivity contribution in [3.8, 4) is 0 Å². The normalized spacial score (nSPS) is 13.2. The summed E-state index contributed by atoms with van der Waals surface area (Å²) in [7, 11) is 0. The maximum Gasteiger partial charge on any atom is 0.449 e. The first-order valence-electron chi connectivity index (χ1n) is 11.3. The summed E-state index contributed by atoms with van der Waals surface area (Å²) in [6.07, 6.45) is -4.61. The first-order chi connectivity index (χ1) is 17.1. The average Bonchev–Trinajstić information content (AvgIpc) is 3.27. The maximum atomic E-state index is 13.2. The number of alkyl halides is 3. The average molecular weight is 495 g/mol. The summed E-state index contributed by atoms with van der Waals surface area (Å²) in [4.78, 5) is 30.9. The van der Waals surface area contributed by atoms with E-state index in [2.05, 4.69) is 20.6 Å². The number of nitrogens with zero attached hydrogens (tertiary/aromatic N) is 1. The molecule has 0 aliphatic carbocycles. The van der Waals surface area contributed by atoms with Gasteiger partial charge in [-0.15, -0.1) is 0 Å². The molecule has 36 heavy (non-hydrogen) atoms. The molecule has 1 heterocycles. The SMILES string of the molecule is CC(=O)NC(CC(=O)NC(c1ccccc1)c1ccc2nc(C(F)(F)F)[nH]c2c1)c1ccc(C)cc1. The largest absolute Gasteiger partial charge is 0.449 e. The zero-order chi connectivity index (χ0) is 25.9. The Morgan fingerprint density at radius 2 is 1.58 bits per heavy atom. The molecule has 1 aromatic heterocycles. The number of halogens is 3. The van der Waals surface area contributed by atoms with Gasteiger partial charge < -0.3 is 15.6 Å². The number of nitrogens with one attached hydrogen (secondary N) is 3. The molecular formula is C27H25F3N4O2. The van der Waals surface area contributed by atoms with Crippen molar-refractivity contribution >= 4 is 22.8 Å². The minimum Gasteiger partial charge on any atom is -0.349 e. The van der Waals surface area contributed by atoms with E-state index in [1.54, 1.807) is 12.1 Å². The predicted octanol–water partition coefficient (Wildman–Crippen LogP) is 5.36. The van der Waals surface area contributed by atoms with Gasteiger partial charge in [0.2, 0.25) is 17.6 Å². The fraction of sp³-hybridized carbons (Fsp3) is 0.222. The van der Waals surface area contributed by atoms with E-state index in [9.17, 15) is 22.8 Å². The molecule has 2 atom stereocenters. The summed E-state index contributed by atoms with van der Waals surface area (Å²) < 4.78 is 39.3. The molecular weight excluding hydrogens is 469 g/mol. The van der Waals surface area contributed by atoms with Crippen molar-refractivity contribution in [2.75, 3.05) is 0 Å². The van der Waals surface area contributed by atoms with Crippen molar-refractivity contribution in [2.24, 2.45) is 0 Å². The number of H-pyrrole nitrogens is 1. The highest BCUT2D eigenvalue weighted by Gasteiger charge is 2.34. The third-order valence-electron chi connectivity index (χ3n) is 5.79. The molecule has 0 bridgehead atoms. The lowest BCUT2D eigenvalue weighted by Gasteiger charge is -2.23. The van der Waals surface area contributed by atoms with Gasteiger partial charge >= 0.3 is 6.18 Å². The van der Waals surface area contributed by atoms with Crippen LogP contribution in [0.3, 0.4) is 0 Å². The third-order valence-corrected chi connectivity index (χ3v) is 5.79. The molecule has 2 amide bonds. The second kappa shape index (κ2) is 10.2. The van der Waals surface area contributed by atoms with E-state index >= 15 is 0 Å². The van der Waals surface area contributed by atoms with Crippen LogP contribution in [0.5, 0.6) is 0 Å². The molecule has 9 heteroatoms. The van der Waals surface area contributed by atoms with Gasteiger partial charge in [-0.2, -0.15) is 13.2 Å². The van der Waals surface area contributed by atoms with Crippen LogP contribution in [0.25, 0.3) is 11.0 Å². The summed E-state index contributed by atoms with van der Waals surface area (Å²) in [5, 5.41) is 5.81. The molecule has 3 aromatic carbocycles. The van der Waals surface area contributed by atoms with Gasteiger partial charge in [0.1, 0.15) is 0 Å². The van der Waals surface area contributed by atoms with Crippen molar-refractivity contribution in [2.45, 2.75) is 38.5 Å². The summed E-state index contributed by atoms with van der Waals surface area (Å²) in [6, 6.07) is 20.2. The van der Waals surface area contributed by atoms with Crippen LogP contribution in [-0.2, 0) is 15.8 Å². The van der Waals surface area contributed by atoms with Gasteiger partial charge in [-0.3, -0.25) is 9.59 Å². The lowest BCUT2D eigenvalue weighted by molar-refractivity contribution is -0.144. The minimum absolute atomic E-state index is 0.0174. The lowest BCUT2D eigenvalue weighted by Crippen LogP contribution is -2.34. The maximum absolute atomic E-state index is 13.2. The number of fused-ring (bicyclic) bond motifs is 1. The first kappa shape index (κ1) is 25.0. The van der Waals surface area contributed by atoms with Gasteiger partial charge in [0.25, 0.3) is 0 Å². The highest BCUT2D eigenvalue weighted by atomic mass is 19.4. The highest BCUT2D eigenvalue weighted by Crippen LogP contribution is 2.31. The number of aromatic amines is 1. The van der Waals surface area contributed by atoms with E-state index in [1.807, 2.05) is 61.5 Å². The fourth-order valence-corrected chi connectivity index (χ4v) is 4.05. The van der Waals surface area contributed by atoms with Gasteiger partial charge in [0, 0.05) is 6.92 Å². The van der Waals surface area contributed by atoms with Gasteiger partial charge in [-0.25, -0.2) is 4.98 Å². The van der Waals surface area contributed by atoms with Crippen molar-refractivity contribution in [1.29, 1.82) is 0 Å². The minimum atomic E-state index is -4.60. The van der Waals surface area contributed by atoms with Crippen molar-refractivity contribution in [3.05, 3.63) is 101 Å².